The Morgan fingerprint density at radius 1 is 1.38 bits per heavy atom. The van der Waals surface area contributed by atoms with Gasteiger partial charge in [0.15, 0.2) is 0 Å². The van der Waals surface area contributed by atoms with Crippen molar-refractivity contribution < 1.29 is 9.90 Å². The molecule has 0 aromatic heterocycles. The Morgan fingerprint density at radius 2 is 2.05 bits per heavy atom. The first kappa shape index (κ1) is 16.0. The van der Waals surface area contributed by atoms with Crippen LogP contribution in [-0.4, -0.2) is 41.1 Å². The number of nitrogens with one attached hydrogen (secondary N) is 1. The van der Waals surface area contributed by atoms with E-state index < -0.39 is 6.10 Å². The molecule has 0 saturated heterocycles. The summed E-state index contributed by atoms with van der Waals surface area (Å²) in [6.45, 7) is 5.41. The van der Waals surface area contributed by atoms with Gasteiger partial charge in [-0.2, -0.15) is 0 Å². The highest BCUT2D eigenvalue weighted by Gasteiger charge is 2.29. The van der Waals surface area contributed by atoms with Gasteiger partial charge < -0.3 is 10.4 Å². The minimum absolute atomic E-state index is 0.0365. The van der Waals surface area contributed by atoms with Crippen molar-refractivity contribution in [2.45, 2.75) is 51.3 Å². The van der Waals surface area contributed by atoms with E-state index in [0.717, 1.165) is 12.1 Å². The fourth-order valence-corrected chi connectivity index (χ4v) is 2.65. The van der Waals surface area contributed by atoms with Gasteiger partial charge in [0.05, 0.1) is 12.6 Å². The molecule has 0 spiro atoms. The molecule has 2 N–H and O–H groups in total. The van der Waals surface area contributed by atoms with Crippen molar-refractivity contribution in [3.8, 4) is 0 Å². The Hall–Kier alpha value is -1.39. The highest BCUT2D eigenvalue weighted by molar-refractivity contribution is 5.78. The first-order valence-electron chi connectivity index (χ1n) is 7.86. The first-order valence-corrected chi connectivity index (χ1v) is 7.86. The largest absolute Gasteiger partial charge is 0.388 e. The molecule has 0 heterocycles. The molecule has 116 valence electrons. The normalized spacial score (nSPS) is 17.5. The van der Waals surface area contributed by atoms with Crippen molar-refractivity contribution in [2.75, 3.05) is 13.1 Å². The summed E-state index contributed by atoms with van der Waals surface area (Å²) in [6, 6.07) is 10.1. The topological polar surface area (TPSA) is 52.6 Å². The number of carbonyl (C=O) groups excluding carboxylic acids is 1. The maximum Gasteiger partial charge on any atom is 0.234 e. The van der Waals surface area contributed by atoms with Crippen LogP contribution in [0, 0.1) is 0 Å². The smallest absolute Gasteiger partial charge is 0.234 e. The van der Waals surface area contributed by atoms with Gasteiger partial charge in [-0.1, -0.05) is 37.3 Å². The van der Waals surface area contributed by atoms with Crippen molar-refractivity contribution in [1.82, 2.24) is 10.2 Å². The summed E-state index contributed by atoms with van der Waals surface area (Å²) in [7, 11) is 0. The molecule has 0 radical (unpaired) electrons. The van der Waals surface area contributed by atoms with Crippen LogP contribution >= 0.6 is 0 Å². The van der Waals surface area contributed by atoms with Crippen molar-refractivity contribution in [3.05, 3.63) is 35.9 Å². The molecule has 21 heavy (non-hydrogen) atoms. The second-order valence-corrected chi connectivity index (χ2v) is 5.93. The third-order valence-electron chi connectivity index (χ3n) is 3.98. The third kappa shape index (κ3) is 5.14. The van der Waals surface area contributed by atoms with E-state index in [1.165, 1.54) is 12.8 Å². The Morgan fingerprint density at radius 3 is 2.62 bits per heavy atom. The fourth-order valence-electron chi connectivity index (χ4n) is 2.65. The van der Waals surface area contributed by atoms with Gasteiger partial charge in [0.1, 0.15) is 0 Å². The number of hydrogen-bond donors (Lipinski definition) is 2. The average Bonchev–Trinajstić information content (AvgIpc) is 3.30. The van der Waals surface area contributed by atoms with Crippen molar-refractivity contribution >= 4 is 5.91 Å². The van der Waals surface area contributed by atoms with Gasteiger partial charge in [-0.3, -0.25) is 9.69 Å². The molecule has 2 unspecified atom stereocenters. The van der Waals surface area contributed by atoms with E-state index in [9.17, 15) is 9.90 Å². The number of hydrogen-bond acceptors (Lipinski definition) is 3. The summed E-state index contributed by atoms with van der Waals surface area (Å²) in [5, 5.41) is 13.2. The zero-order chi connectivity index (χ0) is 15.2. The lowest BCUT2D eigenvalue weighted by atomic mass is 10.0. The molecular weight excluding hydrogens is 264 g/mol. The lowest BCUT2D eigenvalue weighted by Crippen LogP contribution is -2.42. The van der Waals surface area contributed by atoms with Gasteiger partial charge >= 0.3 is 0 Å². The summed E-state index contributed by atoms with van der Waals surface area (Å²) in [6.07, 6.45) is 2.42. The summed E-state index contributed by atoms with van der Waals surface area (Å²) in [5.41, 5.74) is 0.895. The predicted molar refractivity (Wildman–Crippen MR) is 83.9 cm³/mol. The summed E-state index contributed by atoms with van der Waals surface area (Å²) >= 11 is 0. The number of aliphatic hydroxyl groups is 1. The van der Waals surface area contributed by atoms with Crippen LogP contribution in [0.1, 0.15) is 44.8 Å². The predicted octanol–water partition coefficient (Wildman–Crippen LogP) is 2.10. The molecule has 1 aromatic carbocycles. The number of benzene rings is 1. The molecule has 1 aliphatic rings. The minimum Gasteiger partial charge on any atom is -0.388 e. The van der Waals surface area contributed by atoms with Crippen LogP contribution in [0.15, 0.2) is 30.3 Å². The van der Waals surface area contributed by atoms with Crippen LogP contribution in [0.5, 0.6) is 0 Å². The molecule has 1 aliphatic carbocycles. The summed E-state index contributed by atoms with van der Waals surface area (Å²) in [4.78, 5) is 14.3. The molecule has 0 bridgehead atoms. The number of amides is 1. The maximum atomic E-state index is 12.0. The first-order chi connectivity index (χ1) is 10.1. The summed E-state index contributed by atoms with van der Waals surface area (Å²) in [5.74, 6) is 0.0523. The van der Waals surface area contributed by atoms with Crippen LogP contribution in [-0.2, 0) is 4.79 Å². The number of aliphatic hydroxyl groups excluding tert-OH is 1. The number of nitrogens with zero attached hydrogens (tertiary/aromatic N) is 1. The van der Waals surface area contributed by atoms with Gasteiger partial charge in [0.25, 0.3) is 0 Å². The molecule has 4 heteroatoms. The molecule has 1 fully saturated rings. The van der Waals surface area contributed by atoms with Gasteiger partial charge in [-0.05, 0) is 38.3 Å². The average molecular weight is 290 g/mol. The molecule has 2 atom stereocenters. The Bertz CT molecular complexity index is 445. The SMILES string of the molecule is CCN(CC(=O)NC(C)CC(O)c1ccccc1)C1CC1. The quantitative estimate of drug-likeness (QED) is 0.771. The highest BCUT2D eigenvalue weighted by atomic mass is 16.3. The van der Waals surface area contributed by atoms with E-state index in [0.29, 0.717) is 19.0 Å². The second kappa shape index (κ2) is 7.57. The molecule has 1 saturated carbocycles. The van der Waals surface area contributed by atoms with Crippen LogP contribution in [0.2, 0.25) is 0 Å². The lowest BCUT2D eigenvalue weighted by Gasteiger charge is -2.22. The van der Waals surface area contributed by atoms with Gasteiger partial charge in [0.2, 0.25) is 5.91 Å². The van der Waals surface area contributed by atoms with Gasteiger partial charge in [0, 0.05) is 12.1 Å². The van der Waals surface area contributed by atoms with E-state index in [2.05, 4.69) is 17.1 Å². The Kier molecular flexibility index (Phi) is 5.76. The molecule has 1 aromatic rings. The Balaban J connectivity index is 1.75. The van der Waals surface area contributed by atoms with Crippen LogP contribution in [0.4, 0.5) is 0 Å². The van der Waals surface area contributed by atoms with E-state index >= 15 is 0 Å². The molecule has 1 amide bonds. The number of likely N-dealkylation sites (N-methyl/N-ethyl adjacent to an activating group) is 1. The number of rotatable bonds is 8. The van der Waals surface area contributed by atoms with Crippen molar-refractivity contribution in [1.29, 1.82) is 0 Å². The monoisotopic (exact) mass is 290 g/mol. The third-order valence-corrected chi connectivity index (χ3v) is 3.98. The lowest BCUT2D eigenvalue weighted by molar-refractivity contribution is -0.123. The van der Waals surface area contributed by atoms with E-state index in [4.69, 9.17) is 0 Å². The Labute approximate surface area is 127 Å². The van der Waals surface area contributed by atoms with Crippen molar-refractivity contribution in [3.63, 3.8) is 0 Å². The molecule has 0 aliphatic heterocycles. The second-order valence-electron chi connectivity index (χ2n) is 5.93. The van der Waals surface area contributed by atoms with Crippen molar-refractivity contribution in [2.24, 2.45) is 0 Å². The minimum atomic E-state index is -0.535. The van der Waals surface area contributed by atoms with Gasteiger partial charge in [-0.15, -0.1) is 0 Å². The molecule has 2 rings (SSSR count). The van der Waals surface area contributed by atoms with Crippen LogP contribution in [0.3, 0.4) is 0 Å². The van der Waals surface area contributed by atoms with E-state index in [1.54, 1.807) is 0 Å². The van der Waals surface area contributed by atoms with E-state index in [-0.39, 0.29) is 11.9 Å². The molecule has 4 nitrogen and oxygen atoms in total. The number of carbonyl (C=O) groups is 1. The van der Waals surface area contributed by atoms with Gasteiger partial charge in [-0.25, -0.2) is 0 Å². The zero-order valence-corrected chi connectivity index (χ0v) is 13.0. The maximum absolute atomic E-state index is 12.0. The zero-order valence-electron chi connectivity index (χ0n) is 13.0. The van der Waals surface area contributed by atoms with Crippen LogP contribution < -0.4 is 5.32 Å². The van der Waals surface area contributed by atoms with Crippen LogP contribution in [0.25, 0.3) is 0 Å². The fraction of sp³-hybridized carbons (Fsp3) is 0.588. The highest BCUT2D eigenvalue weighted by Crippen LogP contribution is 2.26. The molecular formula is C17H26N2O2. The summed E-state index contributed by atoms with van der Waals surface area (Å²) < 4.78 is 0. The standard InChI is InChI=1S/C17H26N2O2/c1-3-19(15-9-10-15)12-17(21)18-13(2)11-16(20)14-7-5-4-6-8-14/h4-8,13,15-16,20H,3,9-12H2,1-2H3,(H,18,21). The van der Waals surface area contributed by atoms with E-state index in [1.807, 2.05) is 37.3 Å².